The molecular weight excluding hydrogens is 300 g/mol. The highest BCUT2D eigenvalue weighted by Gasteiger charge is 2.32. The first-order chi connectivity index (χ1) is 11.3. The largest absolute Gasteiger partial charge is 0.0758 e. The Balaban J connectivity index is 2.45. The molecule has 1 aliphatic carbocycles. The molecule has 0 N–H and O–H groups in total. The van der Waals surface area contributed by atoms with Crippen molar-refractivity contribution in [2.45, 2.75) is 79.1 Å². The van der Waals surface area contributed by atoms with Crippen molar-refractivity contribution in [2.75, 3.05) is 0 Å². The Labute approximate surface area is 154 Å². The van der Waals surface area contributed by atoms with Crippen LogP contribution < -0.4 is 0 Å². The van der Waals surface area contributed by atoms with Crippen LogP contribution in [-0.2, 0) is 10.8 Å². The summed E-state index contributed by atoms with van der Waals surface area (Å²) in [6.07, 6.45) is 4.83. The van der Waals surface area contributed by atoms with E-state index in [1.54, 1.807) is 0 Å². The van der Waals surface area contributed by atoms with Crippen LogP contribution in [0.4, 0.5) is 0 Å². The summed E-state index contributed by atoms with van der Waals surface area (Å²) >= 11 is 0. The van der Waals surface area contributed by atoms with Gasteiger partial charge in [0.2, 0.25) is 0 Å². The zero-order valence-electron chi connectivity index (χ0n) is 17.5. The summed E-state index contributed by atoms with van der Waals surface area (Å²) < 4.78 is 0. The van der Waals surface area contributed by atoms with Crippen molar-refractivity contribution >= 4 is 16.8 Å². The third-order valence-electron chi connectivity index (χ3n) is 5.59. The van der Waals surface area contributed by atoms with Gasteiger partial charge in [-0.15, -0.1) is 0 Å². The molecule has 0 nitrogen and oxygen atoms in total. The fourth-order valence-electron chi connectivity index (χ4n) is 4.29. The van der Waals surface area contributed by atoms with E-state index >= 15 is 0 Å². The number of hydrogen-bond donors (Lipinski definition) is 0. The quantitative estimate of drug-likeness (QED) is 0.465. The lowest BCUT2D eigenvalue weighted by atomic mass is 9.69. The Morgan fingerprint density at radius 3 is 1.76 bits per heavy atom. The Morgan fingerprint density at radius 2 is 1.24 bits per heavy atom. The van der Waals surface area contributed by atoms with E-state index in [0.717, 1.165) is 0 Å². The van der Waals surface area contributed by atoms with E-state index in [0.29, 0.717) is 5.92 Å². The zero-order valence-corrected chi connectivity index (χ0v) is 17.5. The summed E-state index contributed by atoms with van der Waals surface area (Å²) in [5.41, 5.74) is 6.37. The number of hydrogen-bond acceptors (Lipinski definition) is 0. The molecule has 0 amide bonds. The summed E-state index contributed by atoms with van der Waals surface area (Å²) in [5.74, 6) is 0.465. The average Bonchev–Trinajstić information content (AvgIpc) is 2.44. The first-order valence-corrected chi connectivity index (χ1v) is 9.60. The first-order valence-electron chi connectivity index (χ1n) is 9.60. The molecule has 0 aromatic heterocycles. The molecule has 1 atom stereocenters. The second kappa shape index (κ2) is 5.47. The fourth-order valence-corrected chi connectivity index (χ4v) is 4.29. The lowest BCUT2D eigenvalue weighted by molar-refractivity contribution is 0.368. The van der Waals surface area contributed by atoms with Crippen LogP contribution in [0.1, 0.15) is 90.5 Å². The molecule has 0 spiro atoms. The lowest BCUT2D eigenvalue weighted by Crippen LogP contribution is -2.21. The summed E-state index contributed by atoms with van der Waals surface area (Å²) in [6, 6.07) is 9.51. The van der Waals surface area contributed by atoms with Crippen LogP contribution in [-0.4, -0.2) is 0 Å². The van der Waals surface area contributed by atoms with E-state index in [1.165, 1.54) is 33.0 Å². The van der Waals surface area contributed by atoms with Crippen LogP contribution in [0.5, 0.6) is 0 Å². The molecule has 1 unspecified atom stereocenters. The van der Waals surface area contributed by atoms with Gasteiger partial charge in [0, 0.05) is 5.92 Å². The molecule has 1 aliphatic rings. The molecule has 3 rings (SSSR count). The molecular formula is C25H34. The molecule has 2 aromatic rings. The van der Waals surface area contributed by atoms with Gasteiger partial charge in [-0.3, -0.25) is 0 Å². The van der Waals surface area contributed by atoms with Crippen molar-refractivity contribution in [3.8, 4) is 0 Å². The molecule has 134 valence electrons. The van der Waals surface area contributed by atoms with Crippen LogP contribution in [0.25, 0.3) is 16.8 Å². The normalized spacial score (nSPS) is 18.0. The molecule has 0 heteroatoms. The summed E-state index contributed by atoms with van der Waals surface area (Å²) in [6.45, 7) is 21.0. The van der Waals surface area contributed by atoms with Crippen molar-refractivity contribution in [2.24, 2.45) is 5.41 Å². The molecule has 0 saturated carbocycles. The van der Waals surface area contributed by atoms with Crippen LogP contribution in [0.15, 0.2) is 30.3 Å². The molecule has 25 heavy (non-hydrogen) atoms. The maximum Gasteiger partial charge on any atom is 0.00762 e. The summed E-state index contributed by atoms with van der Waals surface area (Å²) in [5, 5.41) is 2.92. The van der Waals surface area contributed by atoms with Gasteiger partial charge >= 0.3 is 0 Å². The van der Waals surface area contributed by atoms with E-state index in [4.69, 9.17) is 0 Å². The Morgan fingerprint density at radius 1 is 0.680 bits per heavy atom. The van der Waals surface area contributed by atoms with E-state index in [9.17, 15) is 0 Å². The van der Waals surface area contributed by atoms with Gasteiger partial charge in [0.05, 0.1) is 0 Å². The Kier molecular flexibility index (Phi) is 3.99. The van der Waals surface area contributed by atoms with Gasteiger partial charge in [-0.2, -0.15) is 0 Å². The molecule has 0 saturated heterocycles. The van der Waals surface area contributed by atoms with Crippen LogP contribution >= 0.6 is 0 Å². The molecule has 0 radical (unpaired) electrons. The SMILES string of the molecule is CC(C)(C)c1ccc2c(C(C)(C)C)ccc3c2c1C=CC3C(C)(C)C. The first kappa shape index (κ1) is 18.2. The van der Waals surface area contributed by atoms with Gasteiger partial charge in [-0.1, -0.05) is 98.7 Å². The third-order valence-corrected chi connectivity index (χ3v) is 5.59. The van der Waals surface area contributed by atoms with Gasteiger partial charge in [0.25, 0.3) is 0 Å². The molecule has 0 bridgehead atoms. The predicted molar refractivity (Wildman–Crippen MR) is 113 cm³/mol. The van der Waals surface area contributed by atoms with Crippen molar-refractivity contribution in [1.82, 2.24) is 0 Å². The minimum absolute atomic E-state index is 0.150. The van der Waals surface area contributed by atoms with Gasteiger partial charge in [-0.25, -0.2) is 0 Å². The van der Waals surface area contributed by atoms with E-state index in [-0.39, 0.29) is 16.2 Å². The second-order valence-electron chi connectivity index (χ2n) is 10.9. The highest BCUT2D eigenvalue weighted by Crippen LogP contribution is 2.47. The summed E-state index contributed by atoms with van der Waals surface area (Å²) in [7, 11) is 0. The van der Waals surface area contributed by atoms with Crippen molar-refractivity contribution in [3.63, 3.8) is 0 Å². The molecule has 0 aliphatic heterocycles. The fraction of sp³-hybridized carbons (Fsp3) is 0.520. The average molecular weight is 335 g/mol. The Bertz CT molecular complexity index is 843. The topological polar surface area (TPSA) is 0 Å². The number of benzene rings is 2. The standard InChI is InChI=1S/C25H34/c1-23(2,3)19-13-10-17-21(25(7,8)9)15-12-18-20(24(4,5)6)14-11-16(19)22(17)18/h10-15,19H,1-9H3. The Hall–Kier alpha value is -1.56. The van der Waals surface area contributed by atoms with Crippen LogP contribution in [0, 0.1) is 5.41 Å². The van der Waals surface area contributed by atoms with Gasteiger partial charge in [-0.05, 0) is 49.3 Å². The van der Waals surface area contributed by atoms with E-state index in [2.05, 4.69) is 98.7 Å². The van der Waals surface area contributed by atoms with Gasteiger partial charge < -0.3 is 0 Å². The van der Waals surface area contributed by atoms with Crippen molar-refractivity contribution in [1.29, 1.82) is 0 Å². The molecule has 0 fully saturated rings. The lowest BCUT2D eigenvalue weighted by Gasteiger charge is -2.35. The van der Waals surface area contributed by atoms with E-state index in [1.807, 2.05) is 0 Å². The smallest absolute Gasteiger partial charge is 0.00762 e. The monoisotopic (exact) mass is 334 g/mol. The van der Waals surface area contributed by atoms with Crippen molar-refractivity contribution < 1.29 is 0 Å². The highest BCUT2D eigenvalue weighted by molar-refractivity contribution is 5.99. The maximum atomic E-state index is 2.43. The second-order valence-corrected chi connectivity index (χ2v) is 10.9. The predicted octanol–water partition coefficient (Wildman–Crippen LogP) is 7.59. The van der Waals surface area contributed by atoms with Gasteiger partial charge in [0.15, 0.2) is 0 Å². The van der Waals surface area contributed by atoms with E-state index < -0.39 is 0 Å². The van der Waals surface area contributed by atoms with Gasteiger partial charge in [0.1, 0.15) is 0 Å². The molecule has 2 aromatic carbocycles. The van der Waals surface area contributed by atoms with Crippen LogP contribution in [0.2, 0.25) is 0 Å². The van der Waals surface area contributed by atoms with Crippen LogP contribution in [0.3, 0.4) is 0 Å². The zero-order chi connectivity index (χ0) is 18.8. The maximum absolute atomic E-state index is 2.43. The van der Waals surface area contributed by atoms with Crippen molar-refractivity contribution in [3.05, 3.63) is 52.6 Å². The highest BCUT2D eigenvalue weighted by atomic mass is 14.4. The minimum atomic E-state index is 0.150. The molecule has 0 heterocycles. The minimum Gasteiger partial charge on any atom is -0.0758 e. The summed E-state index contributed by atoms with van der Waals surface area (Å²) in [4.78, 5) is 0. The number of rotatable bonds is 0. The third kappa shape index (κ3) is 3.05. The number of allylic oxidation sites excluding steroid dienone is 1.